The van der Waals surface area contributed by atoms with Crippen molar-refractivity contribution in [2.45, 2.75) is 13.0 Å². The smallest absolute Gasteiger partial charge is 0.208 e. The summed E-state index contributed by atoms with van der Waals surface area (Å²) in [5, 5.41) is 7.34. The number of methoxy groups -OCH3 is 1. The molecule has 17 heavy (non-hydrogen) atoms. The summed E-state index contributed by atoms with van der Waals surface area (Å²) in [5.41, 5.74) is 0. The maximum atomic E-state index is 5.15. The lowest BCUT2D eigenvalue weighted by Crippen LogP contribution is -2.13. The molecule has 0 aliphatic rings. The summed E-state index contributed by atoms with van der Waals surface area (Å²) in [6.45, 7) is 2.73. The molecule has 1 unspecified atom stereocenters. The zero-order valence-electron chi connectivity index (χ0n) is 10.3. The van der Waals surface area contributed by atoms with Crippen LogP contribution < -0.4 is 5.32 Å². The zero-order valence-corrected chi connectivity index (χ0v) is 10.3. The highest BCUT2D eigenvalue weighted by Crippen LogP contribution is 2.17. The molecule has 0 aromatic carbocycles. The lowest BCUT2D eigenvalue weighted by Gasteiger charge is -2.16. The fourth-order valence-electron chi connectivity index (χ4n) is 1.70. The summed E-state index contributed by atoms with van der Waals surface area (Å²) < 4.78 is 8.95. The molecule has 0 saturated carbocycles. The Morgan fingerprint density at radius 1 is 1.47 bits per heavy atom. The molecule has 2 aromatic heterocycles. The van der Waals surface area contributed by atoms with Crippen molar-refractivity contribution in [3.63, 3.8) is 0 Å². The summed E-state index contributed by atoms with van der Waals surface area (Å²) in [4.78, 5) is 4.29. The molecular formula is C11H17N5O. The maximum Gasteiger partial charge on any atom is 0.208 e. The van der Waals surface area contributed by atoms with E-state index in [1.807, 2.05) is 23.9 Å². The molecule has 1 N–H and O–H groups in total. The van der Waals surface area contributed by atoms with Gasteiger partial charge in [0.15, 0.2) is 0 Å². The van der Waals surface area contributed by atoms with E-state index < -0.39 is 0 Å². The van der Waals surface area contributed by atoms with Crippen LogP contribution in [-0.2, 0) is 11.8 Å². The summed E-state index contributed by atoms with van der Waals surface area (Å²) in [6, 6.07) is 2.14. The third-order valence-corrected chi connectivity index (χ3v) is 2.61. The molecule has 0 fully saturated rings. The molecular weight excluding hydrogens is 218 g/mol. The van der Waals surface area contributed by atoms with Crippen LogP contribution >= 0.6 is 0 Å². The minimum atomic E-state index is 0.234. The molecule has 6 nitrogen and oxygen atoms in total. The van der Waals surface area contributed by atoms with Gasteiger partial charge >= 0.3 is 0 Å². The second-order valence-electron chi connectivity index (χ2n) is 3.93. The molecule has 0 radical (unpaired) electrons. The monoisotopic (exact) mass is 235 g/mol. The highest BCUT2D eigenvalue weighted by atomic mass is 16.5. The van der Waals surface area contributed by atoms with Crippen LogP contribution in [0.3, 0.4) is 0 Å². The van der Waals surface area contributed by atoms with Crippen molar-refractivity contribution in [2.24, 2.45) is 7.05 Å². The van der Waals surface area contributed by atoms with Gasteiger partial charge in [-0.3, -0.25) is 4.68 Å². The number of hydrogen-bond acceptors (Lipinski definition) is 4. The predicted molar refractivity (Wildman–Crippen MR) is 65.3 cm³/mol. The van der Waals surface area contributed by atoms with Crippen molar-refractivity contribution < 1.29 is 4.74 Å². The average molecular weight is 235 g/mol. The van der Waals surface area contributed by atoms with Crippen molar-refractivity contribution in [3.8, 4) is 0 Å². The number of aryl methyl sites for hydroxylation is 1. The quantitative estimate of drug-likeness (QED) is 0.854. The topological polar surface area (TPSA) is 56.9 Å². The van der Waals surface area contributed by atoms with Crippen LogP contribution in [0.15, 0.2) is 24.7 Å². The van der Waals surface area contributed by atoms with Gasteiger partial charge in [-0.1, -0.05) is 0 Å². The summed E-state index contributed by atoms with van der Waals surface area (Å²) in [6.07, 6.45) is 5.45. The summed E-state index contributed by atoms with van der Waals surface area (Å²) in [7, 11) is 3.58. The minimum Gasteiger partial charge on any atom is -0.383 e. The van der Waals surface area contributed by atoms with Crippen LogP contribution in [0.25, 0.3) is 0 Å². The van der Waals surface area contributed by atoms with E-state index in [-0.39, 0.29) is 6.04 Å². The highest BCUT2D eigenvalue weighted by Gasteiger charge is 2.10. The standard InChI is InChI=1S/C11H17N5O/c1-9(8-17-3)16-7-6-12-11(16)14-10-4-5-13-15(10)2/h4-7,9H,8H2,1-3H3,(H,12,14). The maximum absolute atomic E-state index is 5.15. The van der Waals surface area contributed by atoms with E-state index >= 15 is 0 Å². The third-order valence-electron chi connectivity index (χ3n) is 2.61. The van der Waals surface area contributed by atoms with Crippen LogP contribution in [0.4, 0.5) is 11.8 Å². The van der Waals surface area contributed by atoms with Crippen molar-refractivity contribution in [3.05, 3.63) is 24.7 Å². The number of nitrogens with zero attached hydrogens (tertiary/aromatic N) is 4. The Bertz CT molecular complexity index is 476. The second-order valence-corrected chi connectivity index (χ2v) is 3.93. The molecule has 0 saturated heterocycles. The fourth-order valence-corrected chi connectivity index (χ4v) is 1.70. The van der Waals surface area contributed by atoms with E-state index in [0.29, 0.717) is 6.61 Å². The van der Waals surface area contributed by atoms with Gasteiger partial charge in [0.05, 0.1) is 18.8 Å². The van der Waals surface area contributed by atoms with E-state index in [9.17, 15) is 0 Å². The lowest BCUT2D eigenvalue weighted by molar-refractivity contribution is 0.163. The molecule has 92 valence electrons. The Balaban J connectivity index is 2.17. The SMILES string of the molecule is COCC(C)n1ccnc1Nc1ccnn1C. The Morgan fingerprint density at radius 3 is 2.94 bits per heavy atom. The van der Waals surface area contributed by atoms with Gasteiger partial charge in [0.25, 0.3) is 0 Å². The van der Waals surface area contributed by atoms with Gasteiger partial charge in [-0.2, -0.15) is 5.10 Å². The largest absolute Gasteiger partial charge is 0.383 e. The van der Waals surface area contributed by atoms with Gasteiger partial charge in [0, 0.05) is 32.6 Å². The molecule has 0 bridgehead atoms. The van der Waals surface area contributed by atoms with Crippen molar-refractivity contribution >= 4 is 11.8 Å². The van der Waals surface area contributed by atoms with Gasteiger partial charge in [0.1, 0.15) is 5.82 Å². The molecule has 2 aromatic rings. The van der Waals surface area contributed by atoms with E-state index in [0.717, 1.165) is 11.8 Å². The Hall–Kier alpha value is -1.82. The van der Waals surface area contributed by atoms with Crippen molar-refractivity contribution in [2.75, 3.05) is 19.0 Å². The first-order chi connectivity index (χ1) is 8.22. The molecule has 0 spiro atoms. The van der Waals surface area contributed by atoms with E-state index in [2.05, 4.69) is 22.3 Å². The molecule has 0 amide bonds. The van der Waals surface area contributed by atoms with Crippen molar-refractivity contribution in [1.82, 2.24) is 19.3 Å². The molecule has 0 aliphatic carbocycles. The molecule has 6 heteroatoms. The molecule has 1 atom stereocenters. The highest BCUT2D eigenvalue weighted by molar-refractivity contribution is 5.48. The van der Waals surface area contributed by atoms with E-state index in [1.54, 1.807) is 24.2 Å². The van der Waals surface area contributed by atoms with E-state index in [1.165, 1.54) is 0 Å². The van der Waals surface area contributed by atoms with Crippen LogP contribution in [0, 0.1) is 0 Å². The van der Waals surface area contributed by atoms with Gasteiger partial charge in [-0.25, -0.2) is 4.98 Å². The third kappa shape index (κ3) is 2.47. The number of imidazole rings is 1. The fraction of sp³-hybridized carbons (Fsp3) is 0.455. The number of aromatic nitrogens is 4. The number of hydrogen-bond donors (Lipinski definition) is 1. The van der Waals surface area contributed by atoms with Crippen LogP contribution in [0.2, 0.25) is 0 Å². The van der Waals surface area contributed by atoms with Gasteiger partial charge in [-0.05, 0) is 6.92 Å². The van der Waals surface area contributed by atoms with Crippen LogP contribution in [0.1, 0.15) is 13.0 Å². The molecule has 0 aliphatic heterocycles. The van der Waals surface area contributed by atoms with Crippen LogP contribution in [0.5, 0.6) is 0 Å². The van der Waals surface area contributed by atoms with Crippen molar-refractivity contribution in [1.29, 1.82) is 0 Å². The summed E-state index contributed by atoms with van der Waals surface area (Å²) >= 11 is 0. The minimum absolute atomic E-state index is 0.234. The molecule has 2 heterocycles. The first-order valence-corrected chi connectivity index (χ1v) is 5.49. The predicted octanol–water partition coefficient (Wildman–Crippen LogP) is 1.57. The Labute approximate surface area is 100 Å². The number of ether oxygens (including phenoxy) is 1. The summed E-state index contributed by atoms with van der Waals surface area (Å²) in [5.74, 6) is 1.69. The molecule has 2 rings (SSSR count). The van der Waals surface area contributed by atoms with Gasteiger partial charge in [0.2, 0.25) is 5.95 Å². The lowest BCUT2D eigenvalue weighted by atomic mass is 10.3. The zero-order chi connectivity index (χ0) is 12.3. The number of anilines is 2. The van der Waals surface area contributed by atoms with Gasteiger partial charge in [-0.15, -0.1) is 0 Å². The number of nitrogens with one attached hydrogen (secondary N) is 1. The Morgan fingerprint density at radius 2 is 2.29 bits per heavy atom. The van der Waals surface area contributed by atoms with Gasteiger partial charge < -0.3 is 14.6 Å². The average Bonchev–Trinajstić information content (AvgIpc) is 2.90. The van der Waals surface area contributed by atoms with E-state index in [4.69, 9.17) is 4.74 Å². The first kappa shape index (κ1) is 11.7. The first-order valence-electron chi connectivity index (χ1n) is 5.49. The normalized spacial score (nSPS) is 12.6. The number of rotatable bonds is 5. The second kappa shape index (κ2) is 5.01. The Kier molecular flexibility index (Phi) is 3.43. The van der Waals surface area contributed by atoms with Crippen LogP contribution in [-0.4, -0.2) is 33.0 Å².